The van der Waals surface area contributed by atoms with Crippen LogP contribution >= 0.6 is 11.8 Å². The zero-order valence-electron chi connectivity index (χ0n) is 15.3. The highest BCUT2D eigenvalue weighted by Crippen LogP contribution is 2.28. The van der Waals surface area contributed by atoms with E-state index in [9.17, 15) is 13.2 Å². The fourth-order valence-electron chi connectivity index (χ4n) is 3.39. The molecule has 1 aliphatic heterocycles. The second kappa shape index (κ2) is 8.91. The van der Waals surface area contributed by atoms with Gasteiger partial charge in [-0.2, -0.15) is 4.31 Å². The van der Waals surface area contributed by atoms with Crippen molar-refractivity contribution < 1.29 is 13.2 Å². The quantitative estimate of drug-likeness (QED) is 0.740. The van der Waals surface area contributed by atoms with Gasteiger partial charge in [0.2, 0.25) is 15.9 Å². The van der Waals surface area contributed by atoms with Gasteiger partial charge in [-0.3, -0.25) is 4.79 Å². The monoisotopic (exact) mass is 404 g/mol. The Morgan fingerprint density at radius 3 is 2.56 bits per heavy atom. The number of hydrogen-bond donors (Lipinski definition) is 1. The normalized spacial score (nSPS) is 18.2. The summed E-state index contributed by atoms with van der Waals surface area (Å²) in [6, 6.07) is 15.8. The van der Waals surface area contributed by atoms with E-state index < -0.39 is 10.0 Å². The van der Waals surface area contributed by atoms with E-state index in [-0.39, 0.29) is 23.3 Å². The van der Waals surface area contributed by atoms with Gasteiger partial charge in [-0.05, 0) is 43.4 Å². The van der Waals surface area contributed by atoms with Gasteiger partial charge in [0.05, 0.1) is 10.6 Å². The first kappa shape index (κ1) is 19.9. The molecule has 144 valence electrons. The van der Waals surface area contributed by atoms with Crippen molar-refractivity contribution in [3.63, 3.8) is 0 Å². The van der Waals surface area contributed by atoms with E-state index in [4.69, 9.17) is 0 Å². The molecule has 1 amide bonds. The van der Waals surface area contributed by atoms with Crippen molar-refractivity contribution in [1.29, 1.82) is 0 Å². The minimum atomic E-state index is -3.59. The Morgan fingerprint density at radius 1 is 1.11 bits per heavy atom. The Balaban J connectivity index is 1.75. The summed E-state index contributed by atoms with van der Waals surface area (Å²) in [5.41, 5.74) is 0.767. The summed E-state index contributed by atoms with van der Waals surface area (Å²) in [4.78, 5) is 13.9. The highest BCUT2D eigenvalue weighted by atomic mass is 32.2. The minimum absolute atomic E-state index is 0.156. The molecule has 0 aliphatic carbocycles. The summed E-state index contributed by atoms with van der Waals surface area (Å²) < 4.78 is 27.6. The summed E-state index contributed by atoms with van der Waals surface area (Å²) >= 11 is 1.56. The van der Waals surface area contributed by atoms with Gasteiger partial charge in [-0.1, -0.05) is 36.8 Å². The van der Waals surface area contributed by atoms with Gasteiger partial charge in [0.1, 0.15) is 0 Å². The van der Waals surface area contributed by atoms with Gasteiger partial charge in [0.15, 0.2) is 0 Å². The Hall–Kier alpha value is -1.83. The molecular weight excluding hydrogens is 380 g/mol. The smallest absolute Gasteiger partial charge is 0.243 e. The van der Waals surface area contributed by atoms with E-state index in [0.717, 1.165) is 23.4 Å². The molecule has 1 heterocycles. The van der Waals surface area contributed by atoms with Crippen LogP contribution in [0.25, 0.3) is 0 Å². The van der Waals surface area contributed by atoms with Crippen LogP contribution in [0.3, 0.4) is 0 Å². The first-order valence-corrected chi connectivity index (χ1v) is 11.7. The molecule has 1 aliphatic rings. The number of anilines is 1. The predicted octanol–water partition coefficient (Wildman–Crippen LogP) is 3.98. The second-order valence-corrected chi connectivity index (χ2v) is 9.27. The van der Waals surface area contributed by atoms with E-state index in [1.807, 2.05) is 30.5 Å². The SMILES string of the molecule is CSc1ccccc1NC(=O)C[C@@H]1CCCCN1S(=O)(=O)c1ccccc1. The Kier molecular flexibility index (Phi) is 6.57. The second-order valence-electron chi connectivity index (χ2n) is 6.53. The average molecular weight is 405 g/mol. The zero-order valence-corrected chi connectivity index (χ0v) is 16.9. The number of hydrogen-bond acceptors (Lipinski definition) is 4. The number of nitrogens with one attached hydrogen (secondary N) is 1. The summed E-state index contributed by atoms with van der Waals surface area (Å²) in [5, 5.41) is 2.94. The van der Waals surface area contributed by atoms with Crippen LogP contribution in [-0.4, -0.2) is 37.5 Å². The number of piperidine rings is 1. The van der Waals surface area contributed by atoms with Crippen LogP contribution in [0.2, 0.25) is 0 Å². The standard InChI is InChI=1S/C20H24N2O3S2/c1-26-19-13-6-5-12-18(19)21-20(23)15-16-9-7-8-14-22(16)27(24,25)17-10-3-2-4-11-17/h2-6,10-13,16H,7-9,14-15H2,1H3,(H,21,23)/t16-/m0/s1. The maximum atomic E-state index is 13.0. The molecule has 2 aromatic carbocycles. The number of sulfonamides is 1. The molecule has 27 heavy (non-hydrogen) atoms. The molecule has 1 N–H and O–H groups in total. The molecule has 1 saturated heterocycles. The van der Waals surface area contributed by atoms with E-state index in [1.165, 1.54) is 4.31 Å². The summed E-state index contributed by atoms with van der Waals surface area (Å²) in [5.74, 6) is -0.156. The van der Waals surface area contributed by atoms with E-state index in [0.29, 0.717) is 13.0 Å². The topological polar surface area (TPSA) is 66.5 Å². The lowest BCUT2D eigenvalue weighted by Crippen LogP contribution is -2.45. The number of thioether (sulfide) groups is 1. The number of rotatable bonds is 6. The van der Waals surface area contributed by atoms with Crippen LogP contribution in [0.1, 0.15) is 25.7 Å². The fraction of sp³-hybridized carbons (Fsp3) is 0.350. The van der Waals surface area contributed by atoms with Crippen molar-refractivity contribution in [3.8, 4) is 0 Å². The average Bonchev–Trinajstić information content (AvgIpc) is 2.69. The van der Waals surface area contributed by atoms with Crippen molar-refractivity contribution in [2.75, 3.05) is 18.1 Å². The first-order chi connectivity index (χ1) is 13.0. The third-order valence-electron chi connectivity index (χ3n) is 4.72. The highest BCUT2D eigenvalue weighted by Gasteiger charge is 2.34. The summed E-state index contributed by atoms with van der Waals surface area (Å²) in [6.45, 7) is 0.455. The van der Waals surface area contributed by atoms with Crippen LogP contribution in [-0.2, 0) is 14.8 Å². The number of amides is 1. The molecular formula is C20H24N2O3S2. The zero-order chi connectivity index (χ0) is 19.3. The molecule has 0 aromatic heterocycles. The molecule has 0 radical (unpaired) electrons. The summed E-state index contributed by atoms with van der Waals surface area (Å²) in [6.07, 6.45) is 4.57. The van der Waals surface area contributed by atoms with E-state index in [2.05, 4.69) is 5.32 Å². The molecule has 0 unspecified atom stereocenters. The Morgan fingerprint density at radius 2 is 1.81 bits per heavy atom. The molecule has 0 spiro atoms. The molecule has 0 bridgehead atoms. The van der Waals surface area contributed by atoms with Gasteiger partial charge < -0.3 is 5.32 Å². The number of nitrogens with zero attached hydrogens (tertiary/aromatic N) is 1. The molecule has 0 saturated carbocycles. The number of carbonyl (C=O) groups excluding carboxylic acids is 1. The van der Waals surface area contributed by atoms with Crippen molar-refractivity contribution in [2.45, 2.75) is 41.5 Å². The molecule has 1 fully saturated rings. The van der Waals surface area contributed by atoms with Gasteiger partial charge in [0, 0.05) is 23.9 Å². The molecule has 2 aromatic rings. The third kappa shape index (κ3) is 4.72. The van der Waals surface area contributed by atoms with Crippen molar-refractivity contribution in [2.24, 2.45) is 0 Å². The lowest BCUT2D eigenvalue weighted by molar-refractivity contribution is -0.117. The number of carbonyl (C=O) groups is 1. The van der Waals surface area contributed by atoms with Crippen molar-refractivity contribution >= 4 is 33.4 Å². The maximum Gasteiger partial charge on any atom is 0.243 e. The highest BCUT2D eigenvalue weighted by molar-refractivity contribution is 7.98. The van der Waals surface area contributed by atoms with Gasteiger partial charge >= 0.3 is 0 Å². The van der Waals surface area contributed by atoms with Gasteiger partial charge in [-0.25, -0.2) is 8.42 Å². The first-order valence-electron chi connectivity index (χ1n) is 9.02. The van der Waals surface area contributed by atoms with Gasteiger partial charge in [-0.15, -0.1) is 11.8 Å². The van der Waals surface area contributed by atoms with Gasteiger partial charge in [0.25, 0.3) is 0 Å². The number of para-hydroxylation sites is 1. The van der Waals surface area contributed by atoms with Crippen LogP contribution < -0.4 is 5.32 Å². The molecule has 7 heteroatoms. The molecule has 3 rings (SSSR count). The van der Waals surface area contributed by atoms with Crippen molar-refractivity contribution in [3.05, 3.63) is 54.6 Å². The lowest BCUT2D eigenvalue weighted by atomic mass is 10.0. The van der Waals surface area contributed by atoms with Crippen LogP contribution in [0.15, 0.2) is 64.4 Å². The Bertz CT molecular complexity index is 885. The molecule has 1 atom stereocenters. The van der Waals surface area contributed by atoms with Crippen LogP contribution in [0.4, 0.5) is 5.69 Å². The minimum Gasteiger partial charge on any atom is -0.325 e. The lowest BCUT2D eigenvalue weighted by Gasteiger charge is -2.34. The van der Waals surface area contributed by atoms with E-state index in [1.54, 1.807) is 42.1 Å². The van der Waals surface area contributed by atoms with Crippen LogP contribution in [0, 0.1) is 0 Å². The number of benzene rings is 2. The third-order valence-corrected chi connectivity index (χ3v) is 7.49. The largest absolute Gasteiger partial charge is 0.325 e. The van der Waals surface area contributed by atoms with E-state index >= 15 is 0 Å². The van der Waals surface area contributed by atoms with Crippen molar-refractivity contribution in [1.82, 2.24) is 4.31 Å². The predicted molar refractivity (Wildman–Crippen MR) is 109 cm³/mol. The Labute approximate surface area is 165 Å². The molecule has 5 nitrogen and oxygen atoms in total. The maximum absolute atomic E-state index is 13.0. The van der Waals surface area contributed by atoms with Crippen LogP contribution in [0.5, 0.6) is 0 Å². The summed E-state index contributed by atoms with van der Waals surface area (Å²) in [7, 11) is -3.59. The fourth-order valence-corrected chi connectivity index (χ4v) is 5.65.